The normalized spacial score (nSPS) is 19.3. The van der Waals surface area contributed by atoms with Gasteiger partial charge in [-0.3, -0.25) is 0 Å². The highest BCUT2D eigenvalue weighted by molar-refractivity contribution is 5.76. The van der Waals surface area contributed by atoms with Gasteiger partial charge in [0.25, 0.3) is 0 Å². The summed E-state index contributed by atoms with van der Waals surface area (Å²) in [5.41, 5.74) is 2.40. The van der Waals surface area contributed by atoms with E-state index < -0.39 is 0 Å². The van der Waals surface area contributed by atoms with Crippen molar-refractivity contribution >= 4 is 11.5 Å². The van der Waals surface area contributed by atoms with Gasteiger partial charge in [-0.2, -0.15) is 0 Å². The molecule has 4 nitrogen and oxygen atoms in total. The first-order valence-corrected chi connectivity index (χ1v) is 7.45. The van der Waals surface area contributed by atoms with Gasteiger partial charge >= 0.3 is 0 Å². The lowest BCUT2D eigenvalue weighted by Gasteiger charge is -2.21. The van der Waals surface area contributed by atoms with E-state index in [2.05, 4.69) is 35.7 Å². The third kappa shape index (κ3) is 3.83. The second kappa shape index (κ2) is 7.34. The lowest BCUT2D eigenvalue weighted by Crippen LogP contribution is -2.31. The Labute approximate surface area is 115 Å². The average molecular weight is 263 g/mol. The molecule has 0 aliphatic carbocycles. The molecule has 0 saturated heterocycles. The van der Waals surface area contributed by atoms with Gasteiger partial charge in [0.05, 0.1) is 11.8 Å². The first-order chi connectivity index (χ1) is 9.33. The van der Waals surface area contributed by atoms with E-state index in [-0.39, 0.29) is 0 Å². The predicted molar refractivity (Wildman–Crippen MR) is 79.2 cm³/mol. The first kappa shape index (κ1) is 14.1. The Morgan fingerprint density at radius 1 is 1.42 bits per heavy atom. The van der Waals surface area contributed by atoms with Crippen LogP contribution in [0.15, 0.2) is 16.8 Å². The topological polar surface area (TPSA) is 50.1 Å². The molecule has 1 unspecified atom stereocenters. The van der Waals surface area contributed by atoms with Gasteiger partial charge in [0.1, 0.15) is 0 Å². The van der Waals surface area contributed by atoms with E-state index in [9.17, 15) is 0 Å². The largest absolute Gasteiger partial charge is 0.354 e. The van der Waals surface area contributed by atoms with Crippen molar-refractivity contribution in [2.24, 2.45) is 0 Å². The summed E-state index contributed by atoms with van der Waals surface area (Å²) in [7, 11) is 0. The van der Waals surface area contributed by atoms with E-state index >= 15 is 0 Å². The summed E-state index contributed by atoms with van der Waals surface area (Å²) in [6, 6.07) is 0.369. The molecule has 1 aliphatic rings. The van der Waals surface area contributed by atoms with Crippen LogP contribution in [-0.4, -0.2) is 24.3 Å². The third-order valence-electron chi connectivity index (χ3n) is 3.62. The monoisotopic (exact) mass is 263 g/mol. The summed E-state index contributed by atoms with van der Waals surface area (Å²) in [6.45, 7) is 6.42. The highest BCUT2D eigenvalue weighted by Gasteiger charge is 2.19. The molecular weight excluding hydrogens is 238 g/mol. The Bertz CT molecular complexity index is 411. The number of rotatable bonds is 7. The Morgan fingerprint density at radius 2 is 2.32 bits per heavy atom. The maximum absolute atomic E-state index is 5.34. The van der Waals surface area contributed by atoms with E-state index in [1.54, 1.807) is 0 Å². The summed E-state index contributed by atoms with van der Waals surface area (Å²) < 4.78 is 5.34. The Hall–Kier alpha value is -1.29. The fourth-order valence-electron chi connectivity index (χ4n) is 2.48. The highest BCUT2D eigenvalue weighted by atomic mass is 16.5. The quantitative estimate of drug-likeness (QED) is 0.740. The van der Waals surface area contributed by atoms with Crippen LogP contribution in [0, 0.1) is 0 Å². The fraction of sp³-hybridized carbons (Fsp3) is 0.667. The molecule has 2 N–H and O–H groups in total. The number of nitrogens with zero attached hydrogens (tertiary/aromatic N) is 1. The van der Waals surface area contributed by atoms with Gasteiger partial charge in [0.2, 0.25) is 5.88 Å². The number of nitrogens with one attached hydrogen (secondary N) is 2. The van der Waals surface area contributed by atoms with Crippen molar-refractivity contribution in [1.82, 2.24) is 10.5 Å². The molecule has 0 aromatic carbocycles. The van der Waals surface area contributed by atoms with Gasteiger partial charge in [0, 0.05) is 12.6 Å². The Balaban J connectivity index is 1.92. The minimum atomic E-state index is 0.369. The molecule has 0 radical (unpaired) electrons. The molecule has 1 aromatic rings. The van der Waals surface area contributed by atoms with Crippen LogP contribution in [0.25, 0.3) is 5.57 Å². The average Bonchev–Trinajstić information content (AvgIpc) is 2.87. The van der Waals surface area contributed by atoms with Gasteiger partial charge < -0.3 is 15.2 Å². The number of aromatic nitrogens is 1. The summed E-state index contributed by atoms with van der Waals surface area (Å²) >= 11 is 0. The van der Waals surface area contributed by atoms with Crippen LogP contribution in [-0.2, 0) is 0 Å². The molecule has 4 heteroatoms. The number of hydrogen-bond donors (Lipinski definition) is 2. The summed E-state index contributed by atoms with van der Waals surface area (Å²) in [5.74, 6) is 0.818. The van der Waals surface area contributed by atoms with Gasteiger partial charge in [-0.05, 0) is 31.9 Å². The Kier molecular flexibility index (Phi) is 5.45. The zero-order valence-electron chi connectivity index (χ0n) is 12.0. The van der Waals surface area contributed by atoms with Gasteiger partial charge in [-0.25, -0.2) is 0 Å². The molecule has 1 aromatic heterocycles. The van der Waals surface area contributed by atoms with Crippen molar-refractivity contribution in [3.63, 3.8) is 0 Å². The van der Waals surface area contributed by atoms with Crippen molar-refractivity contribution in [2.75, 3.05) is 18.4 Å². The van der Waals surface area contributed by atoms with Gasteiger partial charge in [-0.15, -0.1) is 0 Å². The minimum Gasteiger partial charge on any atom is -0.354 e. The molecule has 19 heavy (non-hydrogen) atoms. The SMILES string of the molecule is CCCCCCNc1oncc1C1=CCCNC1C. The maximum atomic E-state index is 5.34. The van der Waals surface area contributed by atoms with Crippen molar-refractivity contribution in [1.29, 1.82) is 0 Å². The van der Waals surface area contributed by atoms with Gasteiger partial charge in [-0.1, -0.05) is 37.4 Å². The molecule has 0 saturated carbocycles. The number of unbranched alkanes of at least 4 members (excludes halogenated alkanes) is 3. The van der Waals surface area contributed by atoms with Gasteiger partial charge in [0.15, 0.2) is 0 Å². The second-order valence-electron chi connectivity index (χ2n) is 5.18. The lowest BCUT2D eigenvalue weighted by atomic mass is 9.98. The van der Waals surface area contributed by atoms with Crippen molar-refractivity contribution in [3.8, 4) is 0 Å². The first-order valence-electron chi connectivity index (χ1n) is 7.45. The van der Waals surface area contributed by atoms with E-state index in [0.717, 1.165) is 31.0 Å². The van der Waals surface area contributed by atoms with E-state index in [4.69, 9.17) is 4.52 Å². The summed E-state index contributed by atoms with van der Waals surface area (Å²) in [5, 5.41) is 10.8. The highest BCUT2D eigenvalue weighted by Crippen LogP contribution is 2.28. The van der Waals surface area contributed by atoms with Crippen LogP contribution in [0.1, 0.15) is 51.5 Å². The molecule has 1 aliphatic heterocycles. The zero-order chi connectivity index (χ0) is 13.5. The van der Waals surface area contributed by atoms with Crippen LogP contribution in [0.4, 0.5) is 5.88 Å². The Morgan fingerprint density at radius 3 is 3.11 bits per heavy atom. The summed E-state index contributed by atoms with van der Waals surface area (Å²) in [4.78, 5) is 0. The molecule has 1 atom stereocenters. The van der Waals surface area contributed by atoms with Crippen LogP contribution in [0.5, 0.6) is 0 Å². The smallest absolute Gasteiger partial charge is 0.232 e. The third-order valence-corrected chi connectivity index (χ3v) is 3.62. The minimum absolute atomic E-state index is 0.369. The number of anilines is 1. The van der Waals surface area contributed by atoms with E-state index in [1.807, 2.05) is 6.20 Å². The van der Waals surface area contributed by atoms with Crippen LogP contribution >= 0.6 is 0 Å². The maximum Gasteiger partial charge on any atom is 0.232 e. The van der Waals surface area contributed by atoms with E-state index in [0.29, 0.717) is 6.04 Å². The zero-order valence-corrected chi connectivity index (χ0v) is 12.0. The van der Waals surface area contributed by atoms with Crippen molar-refractivity contribution < 1.29 is 4.52 Å². The van der Waals surface area contributed by atoms with Crippen molar-refractivity contribution in [3.05, 3.63) is 17.8 Å². The van der Waals surface area contributed by atoms with Crippen LogP contribution in [0.2, 0.25) is 0 Å². The lowest BCUT2D eigenvalue weighted by molar-refractivity contribution is 0.431. The molecule has 0 spiro atoms. The molecular formula is C15H25N3O. The van der Waals surface area contributed by atoms with Crippen molar-refractivity contribution in [2.45, 2.75) is 52.0 Å². The molecule has 106 valence electrons. The predicted octanol–water partition coefficient (Wildman–Crippen LogP) is 3.43. The molecule has 0 bridgehead atoms. The van der Waals surface area contributed by atoms with Crippen LogP contribution < -0.4 is 10.6 Å². The standard InChI is InChI=1S/C15H25N3O/c1-3-4-5-6-9-17-15-14(11-18-19-15)13-8-7-10-16-12(13)2/h8,11-12,16-17H,3-7,9-10H2,1-2H3. The molecule has 2 rings (SSSR count). The van der Waals surface area contributed by atoms with Crippen LogP contribution in [0.3, 0.4) is 0 Å². The molecule has 2 heterocycles. The fourth-order valence-corrected chi connectivity index (χ4v) is 2.48. The van der Waals surface area contributed by atoms with E-state index in [1.165, 1.54) is 31.3 Å². The molecule has 0 fully saturated rings. The number of hydrogen-bond acceptors (Lipinski definition) is 4. The second-order valence-corrected chi connectivity index (χ2v) is 5.18. The summed E-state index contributed by atoms with van der Waals surface area (Å²) in [6.07, 6.45) is 10.2. The molecule has 0 amide bonds.